The number of halogens is 2. The number of hydrogen-bond donors (Lipinski definition) is 0. The van der Waals surface area contributed by atoms with Crippen LogP contribution in [0, 0.1) is 17.6 Å². The molecule has 1 saturated heterocycles. The van der Waals surface area contributed by atoms with Crippen LogP contribution in [0.1, 0.15) is 62.3 Å². The zero-order chi connectivity index (χ0) is 26.5. The second-order valence-corrected chi connectivity index (χ2v) is 9.94. The molecule has 2 aliphatic rings. The topological polar surface area (TPSA) is 18.5 Å². The molecule has 2 atom stereocenters. The van der Waals surface area contributed by atoms with Gasteiger partial charge in [-0.2, -0.15) is 4.39 Å². The summed E-state index contributed by atoms with van der Waals surface area (Å²) in [5.41, 5.74) is 7.02. The van der Waals surface area contributed by atoms with Crippen LogP contribution < -0.4 is 4.74 Å². The van der Waals surface area contributed by atoms with Gasteiger partial charge in [-0.3, -0.25) is 0 Å². The van der Waals surface area contributed by atoms with E-state index in [9.17, 15) is 8.78 Å². The van der Waals surface area contributed by atoms with Crippen LogP contribution in [0.4, 0.5) is 8.78 Å². The Hall–Kier alpha value is -3.50. The van der Waals surface area contributed by atoms with Crippen LogP contribution >= 0.6 is 0 Å². The summed E-state index contributed by atoms with van der Waals surface area (Å²) in [6.45, 7) is 4.89. The fourth-order valence-electron chi connectivity index (χ4n) is 5.37. The Morgan fingerprint density at radius 1 is 0.816 bits per heavy atom. The largest absolute Gasteiger partial charge is 0.491 e. The molecule has 196 valence electrons. The van der Waals surface area contributed by atoms with Gasteiger partial charge < -0.3 is 9.47 Å². The molecule has 0 bridgehead atoms. The number of benzene rings is 3. The van der Waals surface area contributed by atoms with E-state index in [4.69, 9.17) is 9.47 Å². The minimum absolute atomic E-state index is 0.0597. The number of hydrogen-bond acceptors (Lipinski definition) is 2. The number of allylic oxidation sites excluding steroid dienone is 5. The molecule has 4 heteroatoms. The van der Waals surface area contributed by atoms with Crippen LogP contribution in [0.3, 0.4) is 0 Å². The van der Waals surface area contributed by atoms with Gasteiger partial charge >= 0.3 is 0 Å². The van der Waals surface area contributed by atoms with E-state index >= 15 is 0 Å². The Balaban J connectivity index is 1.25. The van der Waals surface area contributed by atoms with Gasteiger partial charge in [0.15, 0.2) is 11.6 Å². The third kappa shape index (κ3) is 5.66. The summed E-state index contributed by atoms with van der Waals surface area (Å²) in [5, 5.41) is 0. The first-order valence-electron chi connectivity index (χ1n) is 13.5. The molecule has 3 aromatic carbocycles. The van der Waals surface area contributed by atoms with Gasteiger partial charge in [-0.15, -0.1) is 0 Å². The Labute approximate surface area is 224 Å². The summed E-state index contributed by atoms with van der Waals surface area (Å²) in [5.74, 6) is -1.35. The lowest BCUT2D eigenvalue weighted by Crippen LogP contribution is -2.19. The molecular formula is C34H34F2O2. The van der Waals surface area contributed by atoms with Crippen molar-refractivity contribution >= 4 is 11.1 Å². The van der Waals surface area contributed by atoms with Crippen molar-refractivity contribution in [1.29, 1.82) is 0 Å². The quantitative estimate of drug-likeness (QED) is 0.294. The normalized spacial score (nSPS) is 19.8. The first-order chi connectivity index (χ1) is 18.6. The molecule has 0 N–H and O–H groups in total. The third-order valence-electron chi connectivity index (χ3n) is 7.49. The van der Waals surface area contributed by atoms with E-state index in [2.05, 4.69) is 55.5 Å². The fourth-order valence-corrected chi connectivity index (χ4v) is 5.37. The summed E-state index contributed by atoms with van der Waals surface area (Å²) in [6.07, 6.45) is 13.0. The van der Waals surface area contributed by atoms with Crippen molar-refractivity contribution in [3.8, 4) is 16.9 Å². The molecule has 0 radical (unpaired) electrons. The highest BCUT2D eigenvalue weighted by atomic mass is 19.2. The SMILES string of the molecule is C/C=C/C1CCC(c2ccc(C3=CC=C(c4ccc(-c5ccc(OCC)c(F)c5F)cc4)CC3)cc2)OC1. The van der Waals surface area contributed by atoms with Crippen LogP contribution in [-0.4, -0.2) is 13.2 Å². The van der Waals surface area contributed by atoms with Gasteiger partial charge in [0.2, 0.25) is 5.82 Å². The van der Waals surface area contributed by atoms with Crippen LogP contribution in [0.2, 0.25) is 0 Å². The van der Waals surface area contributed by atoms with Crippen molar-refractivity contribution in [3.63, 3.8) is 0 Å². The Morgan fingerprint density at radius 2 is 1.45 bits per heavy atom. The van der Waals surface area contributed by atoms with Crippen LogP contribution in [0.25, 0.3) is 22.3 Å². The molecule has 1 aliphatic carbocycles. The zero-order valence-electron chi connectivity index (χ0n) is 22.1. The van der Waals surface area contributed by atoms with Crippen LogP contribution in [-0.2, 0) is 4.74 Å². The van der Waals surface area contributed by atoms with E-state index in [0.717, 1.165) is 31.4 Å². The fraction of sp³-hybridized carbons (Fsp3) is 0.294. The van der Waals surface area contributed by atoms with Gasteiger partial charge in [0.1, 0.15) is 0 Å². The van der Waals surface area contributed by atoms with E-state index in [1.54, 1.807) is 13.0 Å². The lowest BCUT2D eigenvalue weighted by atomic mass is 9.88. The van der Waals surface area contributed by atoms with Gasteiger partial charge in [-0.1, -0.05) is 72.8 Å². The van der Waals surface area contributed by atoms with E-state index in [-0.39, 0.29) is 24.0 Å². The maximum absolute atomic E-state index is 14.6. The minimum Gasteiger partial charge on any atom is -0.491 e. The summed E-state index contributed by atoms with van der Waals surface area (Å²) in [7, 11) is 0. The average Bonchev–Trinajstić information content (AvgIpc) is 2.97. The summed E-state index contributed by atoms with van der Waals surface area (Å²) < 4.78 is 40.2. The molecule has 1 aliphatic heterocycles. The standard InChI is InChI=1S/C34H34F2O2/c1-3-5-23-6-20-31(38-22-23)29-17-13-27(14-18-29)25-9-7-24(8-10-25)26-11-15-28(16-12-26)30-19-21-32(37-4-2)34(36)33(30)35/h3,5,7,9,11-19,21,23,31H,4,6,8,10,20,22H2,1-2H3/b5-3+. The monoisotopic (exact) mass is 512 g/mol. The van der Waals surface area contributed by atoms with Crippen molar-refractivity contribution in [3.05, 3.63) is 113 Å². The second-order valence-electron chi connectivity index (χ2n) is 9.94. The molecule has 5 rings (SSSR count). The zero-order valence-corrected chi connectivity index (χ0v) is 22.1. The molecule has 3 aromatic rings. The summed E-state index contributed by atoms with van der Waals surface area (Å²) in [4.78, 5) is 0. The predicted octanol–water partition coefficient (Wildman–Crippen LogP) is 9.34. The van der Waals surface area contributed by atoms with Gasteiger partial charge in [0, 0.05) is 11.5 Å². The highest BCUT2D eigenvalue weighted by Crippen LogP contribution is 2.36. The lowest BCUT2D eigenvalue weighted by molar-refractivity contribution is -0.00525. The van der Waals surface area contributed by atoms with Crippen molar-refractivity contribution in [2.45, 2.75) is 45.6 Å². The Bertz CT molecular complexity index is 1340. The lowest BCUT2D eigenvalue weighted by Gasteiger charge is -2.28. The van der Waals surface area contributed by atoms with E-state index in [1.807, 2.05) is 24.3 Å². The molecule has 0 saturated carbocycles. The first-order valence-corrected chi connectivity index (χ1v) is 13.5. The third-order valence-corrected chi connectivity index (χ3v) is 7.49. The molecule has 2 unspecified atom stereocenters. The Kier molecular flexibility index (Phi) is 8.19. The highest BCUT2D eigenvalue weighted by molar-refractivity contribution is 5.79. The van der Waals surface area contributed by atoms with Crippen molar-refractivity contribution in [2.75, 3.05) is 13.2 Å². The number of ether oxygens (including phenoxy) is 2. The first kappa shape index (κ1) is 26.1. The van der Waals surface area contributed by atoms with Gasteiger partial charge in [0.25, 0.3) is 0 Å². The molecule has 0 aromatic heterocycles. The van der Waals surface area contributed by atoms with E-state index in [1.165, 1.54) is 34.8 Å². The maximum Gasteiger partial charge on any atom is 0.201 e. The molecular weight excluding hydrogens is 478 g/mol. The molecule has 2 nitrogen and oxygen atoms in total. The van der Waals surface area contributed by atoms with Gasteiger partial charge in [-0.25, -0.2) is 4.39 Å². The van der Waals surface area contributed by atoms with Crippen LogP contribution in [0.15, 0.2) is 85.0 Å². The maximum atomic E-state index is 14.6. The molecule has 0 amide bonds. The van der Waals surface area contributed by atoms with Crippen LogP contribution in [0.5, 0.6) is 5.75 Å². The highest BCUT2D eigenvalue weighted by Gasteiger charge is 2.21. The predicted molar refractivity (Wildman–Crippen MR) is 151 cm³/mol. The minimum atomic E-state index is -0.946. The van der Waals surface area contributed by atoms with Gasteiger partial charge in [0.05, 0.1) is 19.3 Å². The number of rotatable bonds is 7. The smallest absolute Gasteiger partial charge is 0.201 e. The van der Waals surface area contributed by atoms with Crippen molar-refractivity contribution in [1.82, 2.24) is 0 Å². The van der Waals surface area contributed by atoms with E-state index in [0.29, 0.717) is 11.5 Å². The van der Waals surface area contributed by atoms with Crippen molar-refractivity contribution in [2.24, 2.45) is 5.92 Å². The second kappa shape index (κ2) is 11.9. The summed E-state index contributed by atoms with van der Waals surface area (Å²) >= 11 is 0. The molecule has 38 heavy (non-hydrogen) atoms. The average molecular weight is 513 g/mol. The van der Waals surface area contributed by atoms with Crippen molar-refractivity contribution < 1.29 is 18.3 Å². The molecule has 0 spiro atoms. The van der Waals surface area contributed by atoms with E-state index < -0.39 is 11.6 Å². The van der Waals surface area contributed by atoms with Gasteiger partial charge in [-0.05, 0) is 85.1 Å². The molecule has 1 fully saturated rings. The Morgan fingerprint density at radius 3 is 2.00 bits per heavy atom. The molecule has 1 heterocycles. The summed E-state index contributed by atoms with van der Waals surface area (Å²) in [6, 6.07) is 19.5.